The second-order valence-corrected chi connectivity index (χ2v) is 8.75. The molecule has 0 spiro atoms. The van der Waals surface area contributed by atoms with Crippen molar-refractivity contribution in [1.82, 2.24) is 4.90 Å². The highest BCUT2D eigenvalue weighted by molar-refractivity contribution is 7.10. The third kappa shape index (κ3) is 4.11. The van der Waals surface area contributed by atoms with Gasteiger partial charge in [-0.25, -0.2) is 0 Å². The van der Waals surface area contributed by atoms with Crippen LogP contribution in [0.1, 0.15) is 15.4 Å². The highest BCUT2D eigenvalue weighted by atomic mass is 32.1. The molecular weight excluding hydrogens is 422 g/mol. The predicted molar refractivity (Wildman–Crippen MR) is 127 cm³/mol. The van der Waals surface area contributed by atoms with Crippen LogP contribution >= 0.6 is 11.3 Å². The summed E-state index contributed by atoms with van der Waals surface area (Å²) in [4.78, 5) is 31.1. The van der Waals surface area contributed by atoms with Crippen LogP contribution in [0.15, 0.2) is 76.5 Å². The van der Waals surface area contributed by atoms with Crippen molar-refractivity contribution < 1.29 is 14.0 Å². The molecular formula is C25H23N3O3S. The second-order valence-electron chi connectivity index (χ2n) is 7.72. The van der Waals surface area contributed by atoms with Crippen molar-refractivity contribution in [2.45, 2.75) is 6.42 Å². The number of piperazine rings is 1. The lowest BCUT2D eigenvalue weighted by Gasteiger charge is -2.35. The van der Waals surface area contributed by atoms with Crippen LogP contribution < -0.4 is 10.2 Å². The summed E-state index contributed by atoms with van der Waals surface area (Å²) in [6, 6.07) is 21.5. The van der Waals surface area contributed by atoms with Gasteiger partial charge in [0.15, 0.2) is 0 Å². The fourth-order valence-corrected chi connectivity index (χ4v) is 4.73. The first-order chi connectivity index (χ1) is 15.7. The lowest BCUT2D eigenvalue weighted by Crippen LogP contribution is -2.48. The quantitative estimate of drug-likeness (QED) is 0.486. The minimum atomic E-state index is -0.194. The topological polar surface area (TPSA) is 65.8 Å². The molecule has 0 saturated carbocycles. The largest absolute Gasteiger partial charge is 0.449 e. The Balaban J connectivity index is 1.36. The normalized spacial score (nSPS) is 14.0. The summed E-state index contributed by atoms with van der Waals surface area (Å²) in [6.07, 6.45) is 0.264. The maximum absolute atomic E-state index is 13.4. The summed E-state index contributed by atoms with van der Waals surface area (Å²) >= 11 is 1.53. The highest BCUT2D eigenvalue weighted by Crippen LogP contribution is 2.32. The van der Waals surface area contributed by atoms with Gasteiger partial charge in [0.2, 0.25) is 11.7 Å². The fraction of sp³-hybridized carbons (Fsp3) is 0.200. The average Bonchev–Trinajstić information content (AvgIpc) is 3.47. The molecule has 2 aromatic carbocycles. The Bertz CT molecular complexity index is 1230. The number of para-hydroxylation sites is 2. The lowest BCUT2D eigenvalue weighted by molar-refractivity contribution is -0.115. The number of amides is 2. The number of hydrogen-bond acceptors (Lipinski definition) is 5. The third-order valence-corrected chi connectivity index (χ3v) is 6.53. The number of benzene rings is 2. The van der Waals surface area contributed by atoms with Crippen LogP contribution in [0.25, 0.3) is 11.0 Å². The van der Waals surface area contributed by atoms with Gasteiger partial charge in [0, 0.05) is 42.1 Å². The van der Waals surface area contributed by atoms with Crippen molar-refractivity contribution in [3.05, 3.63) is 82.7 Å². The summed E-state index contributed by atoms with van der Waals surface area (Å²) in [6.45, 7) is 2.67. The van der Waals surface area contributed by atoms with E-state index in [9.17, 15) is 9.59 Å². The van der Waals surface area contributed by atoms with Crippen LogP contribution in [0.3, 0.4) is 0 Å². The van der Waals surface area contributed by atoms with E-state index < -0.39 is 0 Å². The van der Waals surface area contributed by atoms with Crippen molar-refractivity contribution in [2.24, 2.45) is 0 Å². The standard InChI is InChI=1S/C25H23N3O3S/c29-22(17-19-9-6-16-32-19)26-23-20-10-4-5-11-21(20)31-24(23)25(30)28-14-12-27(13-15-28)18-7-2-1-3-8-18/h1-11,16H,12-15,17H2,(H,26,29). The number of anilines is 2. The first kappa shape index (κ1) is 20.3. The van der Waals surface area contributed by atoms with Crippen LogP contribution in [0.4, 0.5) is 11.4 Å². The van der Waals surface area contributed by atoms with Crippen LogP contribution in [0.2, 0.25) is 0 Å². The molecule has 2 aromatic heterocycles. The Kier molecular flexibility index (Phi) is 5.64. The van der Waals surface area contributed by atoms with Crippen molar-refractivity contribution in [3.63, 3.8) is 0 Å². The van der Waals surface area contributed by atoms with Gasteiger partial charge in [-0.15, -0.1) is 11.3 Å². The SMILES string of the molecule is O=C(Cc1cccs1)Nc1c(C(=O)N2CCN(c3ccccc3)CC2)oc2ccccc12. The highest BCUT2D eigenvalue weighted by Gasteiger charge is 2.29. The zero-order valence-electron chi connectivity index (χ0n) is 17.5. The Morgan fingerprint density at radius 2 is 1.66 bits per heavy atom. The average molecular weight is 446 g/mol. The molecule has 0 atom stereocenters. The maximum Gasteiger partial charge on any atom is 0.291 e. The molecule has 6 nitrogen and oxygen atoms in total. The summed E-state index contributed by atoms with van der Waals surface area (Å²) < 4.78 is 5.94. The number of thiophene rings is 1. The smallest absolute Gasteiger partial charge is 0.291 e. The summed E-state index contributed by atoms with van der Waals surface area (Å²) in [7, 11) is 0. The number of carbonyl (C=O) groups is 2. The van der Waals surface area contributed by atoms with E-state index in [1.54, 1.807) is 4.90 Å². The van der Waals surface area contributed by atoms with E-state index in [0.717, 1.165) is 29.0 Å². The Hall–Kier alpha value is -3.58. The van der Waals surface area contributed by atoms with Crippen LogP contribution in [-0.4, -0.2) is 42.9 Å². The van der Waals surface area contributed by atoms with Gasteiger partial charge in [-0.3, -0.25) is 9.59 Å². The number of nitrogens with zero attached hydrogens (tertiary/aromatic N) is 2. The van der Waals surface area contributed by atoms with Gasteiger partial charge in [-0.05, 0) is 35.7 Å². The number of rotatable bonds is 5. The van der Waals surface area contributed by atoms with Crippen molar-refractivity contribution in [2.75, 3.05) is 36.4 Å². The molecule has 2 amide bonds. The molecule has 1 saturated heterocycles. The van der Waals surface area contributed by atoms with Gasteiger partial charge in [0.05, 0.1) is 6.42 Å². The first-order valence-electron chi connectivity index (χ1n) is 10.6. The van der Waals surface area contributed by atoms with E-state index >= 15 is 0 Å². The number of nitrogens with one attached hydrogen (secondary N) is 1. The fourth-order valence-electron chi connectivity index (χ4n) is 4.03. The molecule has 32 heavy (non-hydrogen) atoms. The monoisotopic (exact) mass is 445 g/mol. The molecule has 4 aromatic rings. The minimum absolute atomic E-state index is 0.165. The molecule has 0 aliphatic carbocycles. The zero-order chi connectivity index (χ0) is 21.9. The van der Waals surface area contributed by atoms with Gasteiger partial charge < -0.3 is 19.5 Å². The number of hydrogen-bond donors (Lipinski definition) is 1. The van der Waals surface area contributed by atoms with E-state index in [1.165, 1.54) is 11.3 Å². The first-order valence-corrected chi connectivity index (χ1v) is 11.5. The molecule has 0 bridgehead atoms. The molecule has 1 fully saturated rings. The molecule has 162 valence electrons. The van der Waals surface area contributed by atoms with E-state index in [2.05, 4.69) is 22.3 Å². The second kappa shape index (κ2) is 8.88. The van der Waals surface area contributed by atoms with Crippen LogP contribution in [-0.2, 0) is 11.2 Å². The predicted octanol–water partition coefficient (Wildman–Crippen LogP) is 4.64. The van der Waals surface area contributed by atoms with Gasteiger partial charge in [0.25, 0.3) is 5.91 Å². The number of carbonyl (C=O) groups excluding carboxylic acids is 2. The van der Waals surface area contributed by atoms with Gasteiger partial charge >= 0.3 is 0 Å². The molecule has 1 aliphatic rings. The van der Waals surface area contributed by atoms with E-state index in [1.807, 2.05) is 60.0 Å². The van der Waals surface area contributed by atoms with Crippen LogP contribution in [0.5, 0.6) is 0 Å². The molecule has 0 unspecified atom stereocenters. The minimum Gasteiger partial charge on any atom is -0.449 e. The lowest BCUT2D eigenvalue weighted by atomic mass is 10.2. The van der Waals surface area contributed by atoms with Crippen molar-refractivity contribution >= 4 is 45.5 Å². The zero-order valence-corrected chi connectivity index (χ0v) is 18.3. The Morgan fingerprint density at radius 1 is 0.906 bits per heavy atom. The van der Waals surface area contributed by atoms with Gasteiger partial charge in [-0.2, -0.15) is 0 Å². The Morgan fingerprint density at radius 3 is 2.41 bits per heavy atom. The van der Waals surface area contributed by atoms with E-state index in [-0.39, 0.29) is 24.0 Å². The third-order valence-electron chi connectivity index (χ3n) is 5.66. The summed E-state index contributed by atoms with van der Waals surface area (Å²) in [5, 5.41) is 5.62. The molecule has 1 N–H and O–H groups in total. The van der Waals surface area contributed by atoms with E-state index in [4.69, 9.17) is 4.42 Å². The Labute approximate surface area is 190 Å². The van der Waals surface area contributed by atoms with Gasteiger partial charge in [-0.1, -0.05) is 36.4 Å². The van der Waals surface area contributed by atoms with E-state index in [0.29, 0.717) is 24.4 Å². The summed E-state index contributed by atoms with van der Waals surface area (Å²) in [5.41, 5.74) is 2.20. The molecule has 5 rings (SSSR count). The number of fused-ring (bicyclic) bond motifs is 1. The molecule has 3 heterocycles. The van der Waals surface area contributed by atoms with Crippen molar-refractivity contribution in [3.8, 4) is 0 Å². The van der Waals surface area contributed by atoms with Crippen LogP contribution in [0, 0.1) is 0 Å². The molecule has 7 heteroatoms. The van der Waals surface area contributed by atoms with Gasteiger partial charge in [0.1, 0.15) is 11.3 Å². The maximum atomic E-state index is 13.4. The summed E-state index contributed by atoms with van der Waals surface area (Å²) in [5.74, 6) is -0.166. The van der Waals surface area contributed by atoms with Crippen molar-refractivity contribution in [1.29, 1.82) is 0 Å². The number of furan rings is 1. The molecule has 0 radical (unpaired) electrons. The molecule has 1 aliphatic heterocycles.